The van der Waals surface area contributed by atoms with Gasteiger partial charge in [-0.2, -0.15) is 11.3 Å². The van der Waals surface area contributed by atoms with Gasteiger partial charge in [0, 0.05) is 30.2 Å². The number of para-hydroxylation sites is 1. The van der Waals surface area contributed by atoms with Crippen LogP contribution in [0.4, 0.5) is 5.69 Å². The summed E-state index contributed by atoms with van der Waals surface area (Å²) >= 11 is 3.03. The van der Waals surface area contributed by atoms with Crippen LogP contribution >= 0.6 is 23.1 Å². The van der Waals surface area contributed by atoms with Gasteiger partial charge in [0.25, 0.3) is 17.5 Å². The van der Waals surface area contributed by atoms with E-state index < -0.39 is 28.5 Å². The summed E-state index contributed by atoms with van der Waals surface area (Å²) in [6.07, 6.45) is 0.866. The molecule has 4 atom stereocenters. The number of fused-ring (bicyclic) bond motifs is 1. The number of nitrogens with two attached hydrogens (primary N) is 1. The fourth-order valence-corrected chi connectivity index (χ4v) is 8.03. The number of thioether (sulfide) groups is 1. The first-order valence-corrected chi connectivity index (χ1v) is 15.3. The van der Waals surface area contributed by atoms with Crippen LogP contribution in [-0.4, -0.2) is 74.2 Å². The topological polar surface area (TPSA) is 135 Å². The molecule has 3 fully saturated rings. The first-order chi connectivity index (χ1) is 19.8. The van der Waals surface area contributed by atoms with E-state index in [0.29, 0.717) is 24.2 Å². The second-order valence-electron chi connectivity index (χ2n) is 10.5. The van der Waals surface area contributed by atoms with Gasteiger partial charge < -0.3 is 9.80 Å². The number of thiophene rings is 1. The Morgan fingerprint density at radius 3 is 2.56 bits per heavy atom. The summed E-state index contributed by atoms with van der Waals surface area (Å²) in [4.78, 5) is 67.9. The second-order valence-corrected chi connectivity index (χ2v) is 12.5. The number of carbonyl (C=O) groups excluding carboxylic acids is 4. The molecule has 1 aliphatic carbocycles. The Bertz CT molecular complexity index is 1530. The summed E-state index contributed by atoms with van der Waals surface area (Å²) in [5.41, 5.74) is 0.200. The molecule has 3 aromatic rings. The van der Waals surface area contributed by atoms with Crippen molar-refractivity contribution in [3.8, 4) is 0 Å². The Hall–Kier alpha value is -3.87. The van der Waals surface area contributed by atoms with Crippen molar-refractivity contribution in [3.05, 3.63) is 98.2 Å². The largest absolute Gasteiger partial charge is 0.344 e. The van der Waals surface area contributed by atoms with Crippen molar-refractivity contribution in [2.24, 2.45) is 0 Å². The van der Waals surface area contributed by atoms with Crippen molar-refractivity contribution in [3.63, 3.8) is 0 Å². The Balaban J connectivity index is 1.23. The highest BCUT2D eigenvalue weighted by Crippen LogP contribution is 2.47. The molecule has 10 nitrogen and oxygen atoms in total. The molecule has 1 unspecified atom stereocenters. The third kappa shape index (κ3) is 4.96. The maximum absolute atomic E-state index is 14.2. The summed E-state index contributed by atoms with van der Waals surface area (Å²) in [5, 5.41) is 16.5. The van der Waals surface area contributed by atoms with Gasteiger partial charge in [-0.3, -0.25) is 29.8 Å². The van der Waals surface area contributed by atoms with Crippen molar-refractivity contribution in [2.75, 3.05) is 13.1 Å². The van der Waals surface area contributed by atoms with E-state index in [1.54, 1.807) is 34.2 Å². The smallest absolute Gasteiger partial charge is 0.325 e. The average Bonchev–Trinajstić information content (AvgIpc) is 3.39. The van der Waals surface area contributed by atoms with E-state index in [-0.39, 0.29) is 47.2 Å². The Morgan fingerprint density at radius 2 is 1.83 bits per heavy atom. The van der Waals surface area contributed by atoms with Gasteiger partial charge in [0.2, 0.25) is 0 Å². The van der Waals surface area contributed by atoms with Gasteiger partial charge in [0.15, 0.2) is 11.3 Å². The molecule has 0 radical (unpaired) electrons. The van der Waals surface area contributed by atoms with E-state index in [1.807, 2.05) is 35.7 Å². The molecule has 2 aromatic carbocycles. The molecule has 3 amide bonds. The molecule has 2 aliphatic heterocycles. The van der Waals surface area contributed by atoms with E-state index in [4.69, 9.17) is 0 Å². The number of nitro benzene ring substituents is 1. The van der Waals surface area contributed by atoms with Crippen molar-refractivity contribution in [1.29, 1.82) is 0 Å². The number of nitro groups is 1. The molecule has 41 heavy (non-hydrogen) atoms. The lowest BCUT2D eigenvalue weighted by Crippen LogP contribution is -2.98. The summed E-state index contributed by atoms with van der Waals surface area (Å²) in [5.74, 6) is -0.675. The van der Waals surface area contributed by atoms with E-state index in [9.17, 15) is 29.3 Å². The molecule has 0 bridgehead atoms. The van der Waals surface area contributed by atoms with Crippen LogP contribution in [0.3, 0.4) is 0 Å². The number of hydrogen-bond acceptors (Lipinski definition) is 8. The standard InChI is InChI=1S/C29H26N4O6S2/c34-23-15-32(27(36)20-8-4-5-9-21(20)33(38)39)22-10-12-31(25(22)23)28(37)29(30-26(35)19-11-13-40-17-19)14-24(29)41-16-18-6-2-1-3-7-18/h1-9,11,13,17,22,24-25H,10,12,14-16H2,(H,30,35)/p+1/t22-,24+,25+,29?/m1/s1. The molecule has 12 heteroatoms. The monoisotopic (exact) mass is 591 g/mol. The van der Waals surface area contributed by atoms with E-state index in [0.717, 1.165) is 5.56 Å². The maximum atomic E-state index is 14.2. The zero-order chi connectivity index (χ0) is 28.7. The third-order valence-corrected chi connectivity index (χ3v) is 10.3. The molecule has 3 aliphatic rings. The Morgan fingerprint density at radius 1 is 1.07 bits per heavy atom. The van der Waals surface area contributed by atoms with E-state index in [2.05, 4.69) is 0 Å². The number of hydrogen-bond donors (Lipinski definition) is 1. The van der Waals surface area contributed by atoms with Crippen molar-refractivity contribution < 1.29 is 29.4 Å². The van der Waals surface area contributed by atoms with Gasteiger partial charge in [-0.05, 0) is 29.5 Å². The number of likely N-dealkylation sites (tertiary alicyclic amines) is 2. The number of nitrogens with zero attached hydrogens (tertiary/aromatic N) is 3. The van der Waals surface area contributed by atoms with Crippen molar-refractivity contribution in [1.82, 2.24) is 9.80 Å². The number of benzene rings is 2. The fourth-order valence-electron chi connectivity index (χ4n) is 5.94. The minimum absolute atomic E-state index is 0.0820. The van der Waals surface area contributed by atoms with Gasteiger partial charge in [-0.15, -0.1) is 11.8 Å². The van der Waals surface area contributed by atoms with E-state index in [1.165, 1.54) is 39.8 Å². The van der Waals surface area contributed by atoms with Crippen LogP contribution in [0.1, 0.15) is 39.1 Å². The highest BCUT2D eigenvalue weighted by Gasteiger charge is 2.69. The number of primary amides is 1. The molecule has 2 saturated heterocycles. The van der Waals surface area contributed by atoms with Crippen LogP contribution < -0.4 is 5.32 Å². The first kappa shape index (κ1) is 27.3. The van der Waals surface area contributed by atoms with Gasteiger partial charge >= 0.3 is 5.91 Å². The lowest BCUT2D eigenvalue weighted by Gasteiger charge is -2.27. The predicted molar refractivity (Wildman–Crippen MR) is 152 cm³/mol. The van der Waals surface area contributed by atoms with Gasteiger partial charge in [0.05, 0.1) is 28.3 Å². The number of rotatable bonds is 8. The molecule has 1 aromatic heterocycles. The molecule has 6 rings (SSSR count). The molecule has 1 saturated carbocycles. The minimum Gasteiger partial charge on any atom is -0.325 e. The van der Waals surface area contributed by atoms with Crippen molar-refractivity contribution >= 4 is 52.3 Å². The quantitative estimate of drug-likeness (QED) is 0.314. The van der Waals surface area contributed by atoms with Crippen LogP contribution in [0.5, 0.6) is 0 Å². The average molecular weight is 592 g/mol. The third-order valence-electron chi connectivity index (χ3n) is 8.10. The molecular formula is C29H27N4O6S2+. The van der Waals surface area contributed by atoms with Crippen LogP contribution in [0, 0.1) is 10.1 Å². The van der Waals surface area contributed by atoms with Crippen molar-refractivity contribution in [2.45, 2.75) is 41.5 Å². The van der Waals surface area contributed by atoms with Gasteiger partial charge in [0.1, 0.15) is 11.6 Å². The van der Waals surface area contributed by atoms with Crippen LogP contribution in [0.15, 0.2) is 71.4 Å². The normalized spacial score (nSPS) is 24.8. The number of Topliss-reactive ketones (excluding diaryl/α,β-unsaturated/α-hetero) is 1. The maximum Gasteiger partial charge on any atom is 0.344 e. The zero-order valence-electron chi connectivity index (χ0n) is 21.9. The van der Waals surface area contributed by atoms with Crippen LogP contribution in [-0.2, 0) is 15.3 Å². The zero-order valence-corrected chi connectivity index (χ0v) is 23.5. The molecule has 0 spiro atoms. The minimum atomic E-state index is -1.04. The van der Waals surface area contributed by atoms with Crippen LogP contribution in [0.2, 0.25) is 0 Å². The number of amides is 3. The molecular weight excluding hydrogens is 564 g/mol. The molecule has 3 heterocycles. The summed E-state index contributed by atoms with van der Waals surface area (Å²) < 4.78 is 0. The van der Waals surface area contributed by atoms with Crippen LogP contribution in [0.25, 0.3) is 0 Å². The van der Waals surface area contributed by atoms with Gasteiger partial charge in [-0.25, -0.2) is 4.79 Å². The summed E-state index contributed by atoms with van der Waals surface area (Å²) in [7, 11) is 0. The number of quaternary nitrogens is 1. The highest BCUT2D eigenvalue weighted by atomic mass is 32.2. The highest BCUT2D eigenvalue weighted by molar-refractivity contribution is 7.99. The Kier molecular flexibility index (Phi) is 7.22. The summed E-state index contributed by atoms with van der Waals surface area (Å²) in [6.45, 7) is 0.0413. The lowest BCUT2D eigenvalue weighted by molar-refractivity contribution is -0.595. The Labute approximate surface area is 243 Å². The lowest BCUT2D eigenvalue weighted by atomic mass is 10.1. The first-order valence-electron chi connectivity index (χ1n) is 13.3. The second kappa shape index (κ2) is 10.8. The SMILES string of the molecule is O=C([NH2+]C1(C(=O)N2CC[C@@H]3[C@H]2C(=O)CN3C(=O)c2ccccc2[N+](=O)[O-])C[C@@H]1SCc1ccccc1)c1ccsc1. The fraction of sp³-hybridized carbons (Fsp3) is 0.310. The van der Waals surface area contributed by atoms with E-state index >= 15 is 0 Å². The molecule has 2 N–H and O–H groups in total. The number of ketones is 1. The molecule has 210 valence electrons. The predicted octanol–water partition coefficient (Wildman–Crippen LogP) is 2.50. The number of carbonyl (C=O) groups is 4. The van der Waals surface area contributed by atoms with Gasteiger partial charge in [-0.1, -0.05) is 42.5 Å². The summed E-state index contributed by atoms with van der Waals surface area (Å²) in [6, 6.07) is 15.9.